The van der Waals surface area contributed by atoms with Gasteiger partial charge in [-0.05, 0) is 68.5 Å². The predicted molar refractivity (Wildman–Crippen MR) is 123 cm³/mol. The van der Waals surface area contributed by atoms with Crippen LogP contribution in [-0.2, 0) is 4.79 Å². The fraction of sp³-hybridized carbons (Fsp3) is 0.440. The Hall–Kier alpha value is -2.86. The molecule has 4 N–H and O–H groups in total. The van der Waals surface area contributed by atoms with Crippen molar-refractivity contribution in [2.75, 3.05) is 23.8 Å². The summed E-state index contributed by atoms with van der Waals surface area (Å²) >= 11 is 0. The molecular formula is C25H34N3O3+. The third-order valence-corrected chi connectivity index (χ3v) is 6.24. The van der Waals surface area contributed by atoms with E-state index < -0.39 is 0 Å². The highest BCUT2D eigenvalue weighted by Crippen LogP contribution is 2.27. The maximum absolute atomic E-state index is 12.8. The van der Waals surface area contributed by atoms with Crippen molar-refractivity contribution in [3.63, 3.8) is 0 Å². The predicted octanol–water partition coefficient (Wildman–Crippen LogP) is 3.66. The minimum atomic E-state index is -0.265. The van der Waals surface area contributed by atoms with E-state index >= 15 is 0 Å². The monoisotopic (exact) mass is 424 g/mol. The summed E-state index contributed by atoms with van der Waals surface area (Å²) in [6, 6.07) is 14.8. The molecule has 0 unspecified atom stereocenters. The Bertz CT molecular complexity index is 882. The first-order valence-electron chi connectivity index (χ1n) is 11.2. The summed E-state index contributed by atoms with van der Waals surface area (Å²) in [6.07, 6.45) is 3.65. The second-order valence-electron chi connectivity index (χ2n) is 8.38. The Labute approximate surface area is 184 Å². The first kappa shape index (κ1) is 22.8. The van der Waals surface area contributed by atoms with Gasteiger partial charge in [0.05, 0.1) is 23.9 Å². The maximum Gasteiger partial charge on any atom is 0.279 e. The van der Waals surface area contributed by atoms with E-state index in [0.29, 0.717) is 48.0 Å². The lowest BCUT2D eigenvalue weighted by molar-refractivity contribution is -0.688. The zero-order valence-electron chi connectivity index (χ0n) is 18.7. The first-order chi connectivity index (χ1) is 15.0. The van der Waals surface area contributed by atoms with Gasteiger partial charge >= 0.3 is 0 Å². The molecule has 0 aromatic heterocycles. The Morgan fingerprint density at radius 1 is 1.03 bits per heavy atom. The van der Waals surface area contributed by atoms with Crippen molar-refractivity contribution in [3.8, 4) is 5.75 Å². The van der Waals surface area contributed by atoms with Crippen LogP contribution in [0.25, 0.3) is 0 Å². The topological polar surface area (TPSA) is 84.0 Å². The van der Waals surface area contributed by atoms with Crippen LogP contribution in [0, 0.1) is 11.8 Å². The Kier molecular flexibility index (Phi) is 8.06. The molecule has 0 radical (unpaired) electrons. The molecule has 1 fully saturated rings. The fourth-order valence-corrected chi connectivity index (χ4v) is 4.21. The van der Waals surface area contributed by atoms with Crippen molar-refractivity contribution in [2.24, 2.45) is 11.8 Å². The van der Waals surface area contributed by atoms with E-state index in [1.807, 2.05) is 25.1 Å². The molecule has 1 aliphatic carbocycles. The van der Waals surface area contributed by atoms with Gasteiger partial charge in [-0.15, -0.1) is 0 Å². The van der Waals surface area contributed by atoms with Crippen LogP contribution in [0.5, 0.6) is 5.75 Å². The van der Waals surface area contributed by atoms with Gasteiger partial charge in [-0.2, -0.15) is 0 Å². The maximum atomic E-state index is 12.8. The van der Waals surface area contributed by atoms with E-state index in [4.69, 9.17) is 4.74 Å². The molecule has 0 bridgehead atoms. The smallest absolute Gasteiger partial charge is 0.279 e. The quantitative estimate of drug-likeness (QED) is 0.605. The average molecular weight is 425 g/mol. The number of carbonyl (C=O) groups is 2. The van der Waals surface area contributed by atoms with Gasteiger partial charge in [0.1, 0.15) is 5.75 Å². The van der Waals surface area contributed by atoms with Crippen LogP contribution in [0.4, 0.5) is 11.4 Å². The van der Waals surface area contributed by atoms with Gasteiger partial charge < -0.3 is 20.7 Å². The van der Waals surface area contributed by atoms with Crippen LogP contribution in [0.1, 0.15) is 50.4 Å². The molecule has 2 aromatic carbocycles. The Morgan fingerprint density at radius 3 is 2.52 bits per heavy atom. The highest BCUT2D eigenvalue weighted by atomic mass is 16.5. The van der Waals surface area contributed by atoms with Gasteiger partial charge in [-0.25, -0.2) is 0 Å². The second-order valence-corrected chi connectivity index (χ2v) is 8.38. The Morgan fingerprint density at radius 2 is 1.77 bits per heavy atom. The van der Waals surface area contributed by atoms with Crippen molar-refractivity contribution >= 4 is 23.2 Å². The highest BCUT2D eigenvalue weighted by Gasteiger charge is 2.30. The lowest BCUT2D eigenvalue weighted by Crippen LogP contribution is -2.93. The Balaban J connectivity index is 1.59. The number of hydrogen-bond acceptors (Lipinski definition) is 3. The van der Waals surface area contributed by atoms with Crippen LogP contribution in [0.2, 0.25) is 0 Å². The van der Waals surface area contributed by atoms with Gasteiger partial charge in [0.2, 0.25) is 0 Å². The summed E-state index contributed by atoms with van der Waals surface area (Å²) in [5.74, 6) is 1.70. The minimum Gasteiger partial charge on any atom is -0.494 e. The van der Waals surface area contributed by atoms with E-state index in [1.165, 1.54) is 12.8 Å². The van der Waals surface area contributed by atoms with Crippen LogP contribution >= 0.6 is 0 Å². The van der Waals surface area contributed by atoms with Crippen molar-refractivity contribution in [2.45, 2.75) is 46.1 Å². The minimum absolute atomic E-state index is 0.0910. The molecule has 0 aliphatic heterocycles. The third-order valence-electron chi connectivity index (χ3n) is 6.24. The summed E-state index contributed by atoms with van der Waals surface area (Å²) in [4.78, 5) is 25.4. The lowest BCUT2D eigenvalue weighted by atomic mass is 9.78. The number of benzene rings is 2. The summed E-state index contributed by atoms with van der Waals surface area (Å²) < 4.78 is 5.43. The molecule has 2 amide bonds. The van der Waals surface area contributed by atoms with Crippen LogP contribution in [-0.4, -0.2) is 31.0 Å². The molecular weight excluding hydrogens is 390 g/mol. The van der Waals surface area contributed by atoms with Crippen LogP contribution < -0.4 is 20.7 Å². The van der Waals surface area contributed by atoms with Gasteiger partial charge in [0.15, 0.2) is 6.54 Å². The van der Waals surface area contributed by atoms with E-state index in [0.717, 1.165) is 12.2 Å². The van der Waals surface area contributed by atoms with Crippen molar-refractivity contribution < 1.29 is 19.6 Å². The number of nitrogens with one attached hydrogen (secondary N) is 2. The van der Waals surface area contributed by atoms with Crippen LogP contribution in [0.3, 0.4) is 0 Å². The number of anilines is 2. The molecule has 6 nitrogen and oxygen atoms in total. The molecule has 166 valence electrons. The molecule has 1 saturated carbocycles. The number of hydrogen-bond donors (Lipinski definition) is 3. The molecule has 6 heteroatoms. The summed E-state index contributed by atoms with van der Waals surface area (Å²) in [5.41, 5.74) is 1.63. The molecule has 2 aromatic rings. The zero-order chi connectivity index (χ0) is 22.2. The third kappa shape index (κ3) is 6.31. The molecule has 31 heavy (non-hydrogen) atoms. The van der Waals surface area contributed by atoms with Crippen molar-refractivity contribution in [3.05, 3.63) is 54.1 Å². The van der Waals surface area contributed by atoms with E-state index in [-0.39, 0.29) is 11.8 Å². The number of amides is 2. The van der Waals surface area contributed by atoms with Gasteiger partial charge in [-0.1, -0.05) is 26.0 Å². The number of carbonyl (C=O) groups excluding carboxylic acids is 2. The van der Waals surface area contributed by atoms with Gasteiger partial charge in [0.25, 0.3) is 11.8 Å². The second kappa shape index (κ2) is 11.0. The van der Waals surface area contributed by atoms with Crippen molar-refractivity contribution in [1.82, 2.24) is 0 Å². The van der Waals surface area contributed by atoms with E-state index in [2.05, 4.69) is 29.8 Å². The lowest BCUT2D eigenvalue weighted by Gasteiger charge is -2.31. The SMILES string of the molecule is CCOc1ccc(NC(=O)c2ccccc2NC(=O)C[NH2+][C@H]2CCC[C@H](C)[C@@H]2C)cc1. The summed E-state index contributed by atoms with van der Waals surface area (Å²) in [5, 5.41) is 7.95. The number of quaternary nitrogens is 1. The summed E-state index contributed by atoms with van der Waals surface area (Å²) in [6.45, 7) is 7.45. The standard InChI is InChI=1S/C25H33N3O3/c1-4-31-20-14-12-19(13-15-20)27-25(30)21-9-5-6-10-23(21)28-24(29)16-26-22-11-7-8-17(2)18(22)3/h5-6,9-10,12-15,17-18,22,26H,4,7-8,11,16H2,1-3H3,(H,27,30)(H,28,29)/p+1/t17-,18-,22-/m0/s1. The van der Waals surface area contributed by atoms with Gasteiger partial charge in [0, 0.05) is 11.6 Å². The highest BCUT2D eigenvalue weighted by molar-refractivity contribution is 6.10. The molecule has 1 aliphatic rings. The molecule has 0 saturated heterocycles. The van der Waals surface area contributed by atoms with Gasteiger partial charge in [-0.3, -0.25) is 9.59 Å². The normalized spacial score (nSPS) is 20.7. The van der Waals surface area contributed by atoms with E-state index in [1.54, 1.807) is 30.3 Å². The fourth-order valence-electron chi connectivity index (χ4n) is 4.21. The average Bonchev–Trinajstić information content (AvgIpc) is 2.76. The van der Waals surface area contributed by atoms with E-state index in [9.17, 15) is 9.59 Å². The molecule has 0 spiro atoms. The van der Waals surface area contributed by atoms with Crippen LogP contribution in [0.15, 0.2) is 48.5 Å². The number of ether oxygens (including phenoxy) is 1. The van der Waals surface area contributed by atoms with Crippen molar-refractivity contribution in [1.29, 1.82) is 0 Å². The number of nitrogens with two attached hydrogens (primary N) is 1. The first-order valence-corrected chi connectivity index (χ1v) is 11.2. The zero-order valence-corrected chi connectivity index (χ0v) is 18.7. The molecule has 3 atom stereocenters. The summed E-state index contributed by atoms with van der Waals surface area (Å²) in [7, 11) is 0. The molecule has 3 rings (SSSR count). The number of rotatable bonds is 8. The number of para-hydroxylation sites is 1. The molecule has 0 heterocycles. The largest absolute Gasteiger partial charge is 0.494 e.